The number of aliphatic carboxylic acids is 1. The zero-order valence-corrected chi connectivity index (χ0v) is 7.95. The van der Waals surface area contributed by atoms with Crippen LogP contribution < -0.4 is 0 Å². The third-order valence-electron chi connectivity index (χ3n) is 0. The Bertz CT molecular complexity index is 59.2. The van der Waals surface area contributed by atoms with Gasteiger partial charge in [0.25, 0.3) is 5.97 Å². The normalized spacial score (nSPS) is 5.78. The Morgan fingerprint density at radius 1 is 1.33 bits per heavy atom. The fourth-order valence-electron chi connectivity index (χ4n) is 0. The van der Waals surface area contributed by atoms with Crippen molar-refractivity contribution in [1.82, 2.24) is 0 Å². The van der Waals surface area contributed by atoms with Crippen LogP contribution in [-0.4, -0.2) is 33.5 Å². The van der Waals surface area contributed by atoms with Crippen molar-refractivity contribution in [3.63, 3.8) is 0 Å². The summed E-state index contributed by atoms with van der Waals surface area (Å²) in [6.07, 6.45) is 0. The molecular weight excluding hydrogens is 180 g/mol. The van der Waals surface area contributed by atoms with E-state index in [0.29, 0.717) is 0 Å². The van der Waals surface area contributed by atoms with Gasteiger partial charge in [0.2, 0.25) is 0 Å². The zero-order chi connectivity index (χ0) is 7.15. The van der Waals surface area contributed by atoms with E-state index in [1.165, 1.54) is 0 Å². The van der Waals surface area contributed by atoms with Gasteiger partial charge in [-0.3, -0.25) is 4.79 Å². The second-order valence-electron chi connectivity index (χ2n) is 0.865. The van der Waals surface area contributed by atoms with Crippen molar-refractivity contribution in [2.24, 2.45) is 0 Å². The molecule has 0 fully saturated rings. The van der Waals surface area contributed by atoms with Gasteiger partial charge in [-0.05, 0) is 0 Å². The first-order valence-corrected chi connectivity index (χ1v) is 1.70. The molecule has 0 rings (SSSR count). The maximum Gasteiger partial charge on any atom is 0.631 e. The fraction of sp³-hybridized carbons (Fsp3) is 0.500. The van der Waals surface area contributed by atoms with Crippen LogP contribution in [0.3, 0.4) is 0 Å². The average Bonchev–Trinajstić information content (AvgIpc) is 1.25. The molecule has 0 spiro atoms. The Morgan fingerprint density at radius 2 is 1.33 bits per heavy atom. The molecule has 0 aliphatic carbocycles. The monoisotopic (exact) mass is 186 g/mol. The minimum Gasteiger partial charge on any atom is -0.481 e. The van der Waals surface area contributed by atoms with Crippen LogP contribution in [0.2, 0.25) is 0 Å². The molecule has 5 nitrogen and oxygen atoms in total. The fourth-order valence-corrected chi connectivity index (χ4v) is 0. The summed E-state index contributed by atoms with van der Waals surface area (Å²) in [4.78, 5) is 9.00. The predicted molar refractivity (Wildman–Crippen MR) is 25.7 cm³/mol. The van der Waals surface area contributed by atoms with Crippen molar-refractivity contribution in [2.45, 2.75) is 6.92 Å². The molecule has 0 atom stereocenters. The summed E-state index contributed by atoms with van der Waals surface area (Å²) in [5.74, 6) is -0.833. The van der Waals surface area contributed by atoms with Crippen LogP contribution in [0.5, 0.6) is 0 Å². The Balaban J connectivity index is -0.0000000720. The quantitative estimate of drug-likeness (QED) is 0.330. The van der Waals surface area contributed by atoms with Gasteiger partial charge in [-0.1, -0.05) is 0 Å². The Hall–Kier alpha value is 0.0383. The molecule has 9 heavy (non-hydrogen) atoms. The summed E-state index contributed by atoms with van der Waals surface area (Å²) >= 11 is 0. The van der Waals surface area contributed by atoms with Crippen LogP contribution in [0.1, 0.15) is 6.92 Å². The van der Waals surface area contributed by atoms with Crippen LogP contribution in [-0.2, 0) is 24.3 Å². The average molecular weight is 187 g/mol. The molecule has 4 N–H and O–H groups in total. The third-order valence-corrected chi connectivity index (χ3v) is 0. The van der Waals surface area contributed by atoms with Gasteiger partial charge >= 0.3 is 7.32 Å². The first kappa shape index (κ1) is 16.0. The molecule has 0 amide bonds. The van der Waals surface area contributed by atoms with E-state index in [9.17, 15) is 0 Å². The molecule has 0 aromatic carbocycles. The third kappa shape index (κ3) is 200000. The van der Waals surface area contributed by atoms with Crippen molar-refractivity contribution >= 4 is 13.3 Å². The maximum atomic E-state index is 9.00. The van der Waals surface area contributed by atoms with Gasteiger partial charge in [0, 0.05) is 26.4 Å². The summed E-state index contributed by atoms with van der Waals surface area (Å²) in [6.45, 7) is 1.08. The van der Waals surface area contributed by atoms with Gasteiger partial charge < -0.3 is 20.2 Å². The smallest absolute Gasteiger partial charge is 0.481 e. The molecule has 0 radical (unpaired) electrons. The zero-order valence-electron chi connectivity index (χ0n) is 4.98. The Kier molecular flexibility index (Phi) is 19.4. The number of carboxylic acids is 1. The number of rotatable bonds is 0. The molecule has 0 heterocycles. The van der Waals surface area contributed by atoms with Gasteiger partial charge in [0.15, 0.2) is 0 Å². The maximum absolute atomic E-state index is 9.00. The molecule has 0 unspecified atom stereocenters. The van der Waals surface area contributed by atoms with E-state index in [-0.39, 0.29) is 19.5 Å². The largest absolute Gasteiger partial charge is 0.631 e. The molecule has 0 aromatic heterocycles. The van der Waals surface area contributed by atoms with E-state index in [1.807, 2.05) is 0 Å². The predicted octanol–water partition coefficient (Wildman–Crippen LogP) is -1.96. The van der Waals surface area contributed by atoms with Crippen molar-refractivity contribution in [1.29, 1.82) is 0 Å². The van der Waals surface area contributed by atoms with Crippen LogP contribution >= 0.6 is 0 Å². The standard InChI is InChI=1S/C2H4O2.BH3O3.Zn/c1-2(3)4;2-1(3)4;/h1H3,(H,3,4);2-4H;. The Morgan fingerprint density at radius 3 is 1.33 bits per heavy atom. The Labute approximate surface area is 65.3 Å². The van der Waals surface area contributed by atoms with Gasteiger partial charge in [-0.15, -0.1) is 0 Å². The van der Waals surface area contributed by atoms with E-state index < -0.39 is 13.3 Å². The van der Waals surface area contributed by atoms with Crippen LogP contribution in [0, 0.1) is 0 Å². The van der Waals surface area contributed by atoms with E-state index in [1.54, 1.807) is 0 Å². The SMILES string of the molecule is CC(=O)O.OB(O)O.[Zn]. The molecule has 7 heteroatoms. The van der Waals surface area contributed by atoms with E-state index in [2.05, 4.69) is 0 Å². The molecule has 0 saturated carbocycles. The van der Waals surface area contributed by atoms with Gasteiger partial charge in [0.05, 0.1) is 0 Å². The number of hydrogen-bond acceptors (Lipinski definition) is 4. The topological polar surface area (TPSA) is 98.0 Å². The van der Waals surface area contributed by atoms with Crippen LogP contribution in [0.15, 0.2) is 0 Å². The number of carbonyl (C=O) groups is 1. The van der Waals surface area contributed by atoms with Crippen molar-refractivity contribution in [3.8, 4) is 0 Å². The molecule has 0 aromatic rings. The number of hydrogen-bond donors (Lipinski definition) is 4. The molecule has 0 saturated heterocycles. The summed E-state index contributed by atoms with van der Waals surface area (Å²) < 4.78 is 0. The minimum absolute atomic E-state index is 0. The van der Waals surface area contributed by atoms with Gasteiger partial charge in [-0.2, -0.15) is 0 Å². The second kappa shape index (κ2) is 10.9. The van der Waals surface area contributed by atoms with E-state index in [0.717, 1.165) is 6.92 Å². The number of carboxylic acid groups (broad SMARTS) is 1. The van der Waals surface area contributed by atoms with Crippen LogP contribution in [0.25, 0.3) is 0 Å². The second-order valence-corrected chi connectivity index (χ2v) is 0.865. The van der Waals surface area contributed by atoms with E-state index >= 15 is 0 Å². The molecular formula is C2H7BO5Zn. The molecule has 0 aliphatic heterocycles. The first-order valence-electron chi connectivity index (χ1n) is 1.70. The molecule has 0 aliphatic rings. The summed E-state index contributed by atoms with van der Waals surface area (Å²) in [5, 5.41) is 28.9. The first-order chi connectivity index (χ1) is 3.46. The van der Waals surface area contributed by atoms with Crippen molar-refractivity contribution in [2.75, 3.05) is 0 Å². The summed E-state index contributed by atoms with van der Waals surface area (Å²) in [7, 11) is -2.17. The summed E-state index contributed by atoms with van der Waals surface area (Å²) in [5.41, 5.74) is 0. The molecule has 50 valence electrons. The molecule has 0 bridgehead atoms. The van der Waals surface area contributed by atoms with Crippen LogP contribution in [0.4, 0.5) is 0 Å². The van der Waals surface area contributed by atoms with E-state index in [4.69, 9.17) is 25.0 Å². The van der Waals surface area contributed by atoms with Gasteiger partial charge in [-0.25, -0.2) is 0 Å². The minimum atomic E-state index is -2.17. The van der Waals surface area contributed by atoms with Crippen molar-refractivity contribution in [3.05, 3.63) is 0 Å². The van der Waals surface area contributed by atoms with Gasteiger partial charge in [0.1, 0.15) is 0 Å². The summed E-state index contributed by atoms with van der Waals surface area (Å²) in [6, 6.07) is 0. The van der Waals surface area contributed by atoms with Crippen molar-refractivity contribution < 1.29 is 44.5 Å².